The summed E-state index contributed by atoms with van der Waals surface area (Å²) in [5, 5.41) is 0. The Morgan fingerprint density at radius 3 is 2.39 bits per heavy atom. The lowest BCUT2D eigenvalue weighted by atomic mass is 10.1. The molecule has 116 valence electrons. The molecule has 23 heavy (non-hydrogen) atoms. The van der Waals surface area contributed by atoms with Crippen molar-refractivity contribution in [2.75, 3.05) is 0 Å². The molecule has 0 fully saturated rings. The molecule has 0 saturated carbocycles. The lowest BCUT2D eigenvalue weighted by molar-refractivity contribution is -0.165. The van der Waals surface area contributed by atoms with Gasteiger partial charge in [0.05, 0.1) is 5.69 Å². The molecule has 0 unspecified atom stereocenters. The second kappa shape index (κ2) is 5.76. The van der Waals surface area contributed by atoms with Gasteiger partial charge in [0.25, 0.3) is 5.78 Å². The van der Waals surface area contributed by atoms with E-state index in [4.69, 9.17) is 0 Å². The second-order valence-corrected chi connectivity index (χ2v) is 5.00. The summed E-state index contributed by atoms with van der Waals surface area (Å²) in [7, 11) is 0. The van der Waals surface area contributed by atoms with E-state index in [-0.39, 0.29) is 0 Å². The fourth-order valence-corrected chi connectivity index (χ4v) is 2.41. The van der Waals surface area contributed by atoms with E-state index in [2.05, 4.69) is 0 Å². The zero-order valence-corrected chi connectivity index (χ0v) is 11.9. The van der Waals surface area contributed by atoms with E-state index in [9.17, 15) is 18.0 Å². The van der Waals surface area contributed by atoms with E-state index in [1.54, 1.807) is 16.7 Å². The minimum Gasteiger partial charge on any atom is -0.317 e. The maximum atomic E-state index is 12.4. The number of carbonyl (C=O) groups excluding carboxylic acids is 1. The quantitative estimate of drug-likeness (QED) is 0.639. The molecule has 5 heteroatoms. The Bertz CT molecular complexity index is 876. The third-order valence-corrected chi connectivity index (χ3v) is 3.48. The molecule has 0 saturated heterocycles. The number of fused-ring (bicyclic) bond motifs is 1. The summed E-state index contributed by atoms with van der Waals surface area (Å²) in [5.74, 6) is -1.87. The number of aromatic nitrogens is 1. The monoisotopic (exact) mass is 315 g/mol. The van der Waals surface area contributed by atoms with Crippen molar-refractivity contribution in [3.05, 3.63) is 72.6 Å². The minimum atomic E-state index is -4.86. The summed E-state index contributed by atoms with van der Waals surface area (Å²) in [5.41, 5.74) is 3.01. The van der Waals surface area contributed by atoms with Crippen molar-refractivity contribution in [3.8, 4) is 11.1 Å². The van der Waals surface area contributed by atoms with Gasteiger partial charge < -0.3 is 4.40 Å². The Morgan fingerprint density at radius 1 is 1.00 bits per heavy atom. The zero-order chi connectivity index (χ0) is 16.4. The Kier molecular flexibility index (Phi) is 3.78. The lowest BCUT2D eigenvalue weighted by Gasteiger charge is -2.03. The van der Waals surface area contributed by atoms with E-state index in [1.807, 2.05) is 48.5 Å². The second-order valence-electron chi connectivity index (χ2n) is 5.00. The van der Waals surface area contributed by atoms with Gasteiger partial charge in [-0.25, -0.2) is 0 Å². The van der Waals surface area contributed by atoms with Crippen molar-refractivity contribution in [1.82, 2.24) is 4.40 Å². The van der Waals surface area contributed by atoms with Crippen LogP contribution in [0.15, 0.2) is 66.9 Å². The van der Waals surface area contributed by atoms with Crippen LogP contribution in [-0.2, 0) is 4.79 Å². The predicted octanol–water partition coefficient (Wildman–Crippen LogP) is 4.75. The van der Waals surface area contributed by atoms with Crippen LogP contribution in [0, 0.1) is 0 Å². The SMILES string of the molecule is O=C(/C=C/c1c(-c2ccccc2)cc2ccccn12)C(F)(F)F. The van der Waals surface area contributed by atoms with Crippen molar-refractivity contribution >= 4 is 17.4 Å². The van der Waals surface area contributed by atoms with E-state index in [0.717, 1.165) is 16.6 Å². The summed E-state index contributed by atoms with van der Waals surface area (Å²) in [6.07, 6.45) is -1.33. The fraction of sp³-hybridized carbons (Fsp3) is 0.0556. The zero-order valence-electron chi connectivity index (χ0n) is 11.9. The topological polar surface area (TPSA) is 21.5 Å². The smallest absolute Gasteiger partial charge is 0.317 e. The van der Waals surface area contributed by atoms with Gasteiger partial charge in [-0.15, -0.1) is 0 Å². The average molecular weight is 315 g/mol. The van der Waals surface area contributed by atoms with E-state index >= 15 is 0 Å². The van der Waals surface area contributed by atoms with Gasteiger partial charge in [-0.3, -0.25) is 4.79 Å². The maximum Gasteiger partial charge on any atom is 0.454 e. The number of halogens is 3. The van der Waals surface area contributed by atoms with Gasteiger partial charge in [0.2, 0.25) is 0 Å². The molecular weight excluding hydrogens is 303 g/mol. The lowest BCUT2D eigenvalue weighted by Crippen LogP contribution is -2.19. The third kappa shape index (κ3) is 3.04. The largest absolute Gasteiger partial charge is 0.454 e. The van der Waals surface area contributed by atoms with E-state index in [0.29, 0.717) is 11.8 Å². The molecule has 0 amide bonds. The molecule has 3 rings (SSSR count). The Hall–Kier alpha value is -2.82. The molecule has 0 atom stereocenters. The molecule has 0 spiro atoms. The number of allylic oxidation sites excluding steroid dienone is 1. The van der Waals surface area contributed by atoms with Gasteiger partial charge in [-0.05, 0) is 35.9 Å². The highest BCUT2D eigenvalue weighted by Gasteiger charge is 2.36. The van der Waals surface area contributed by atoms with Crippen molar-refractivity contribution in [2.45, 2.75) is 6.18 Å². The van der Waals surface area contributed by atoms with Crippen LogP contribution >= 0.6 is 0 Å². The van der Waals surface area contributed by atoms with E-state index in [1.165, 1.54) is 6.08 Å². The van der Waals surface area contributed by atoms with Gasteiger partial charge in [0.15, 0.2) is 0 Å². The van der Waals surface area contributed by atoms with E-state index < -0.39 is 12.0 Å². The van der Waals surface area contributed by atoms with Crippen LogP contribution in [0.1, 0.15) is 5.69 Å². The van der Waals surface area contributed by atoms with Gasteiger partial charge in [-0.2, -0.15) is 13.2 Å². The summed E-state index contributed by atoms with van der Waals surface area (Å²) >= 11 is 0. The molecule has 0 aliphatic carbocycles. The molecule has 2 heterocycles. The van der Waals surface area contributed by atoms with Gasteiger partial charge >= 0.3 is 6.18 Å². The van der Waals surface area contributed by atoms with Crippen LogP contribution in [0.25, 0.3) is 22.7 Å². The number of rotatable bonds is 3. The standard InChI is InChI=1S/C18H12F3NO/c19-18(20,21)17(23)10-9-16-15(13-6-2-1-3-7-13)12-14-8-4-5-11-22(14)16/h1-12H/b10-9+. The van der Waals surface area contributed by atoms with Crippen molar-refractivity contribution < 1.29 is 18.0 Å². The van der Waals surface area contributed by atoms with Crippen LogP contribution in [0.3, 0.4) is 0 Å². The summed E-state index contributed by atoms with van der Waals surface area (Å²) < 4.78 is 39.0. The van der Waals surface area contributed by atoms with Crippen molar-refractivity contribution in [1.29, 1.82) is 0 Å². The van der Waals surface area contributed by atoms with Gasteiger partial charge in [0.1, 0.15) is 0 Å². The average Bonchev–Trinajstić information content (AvgIpc) is 2.91. The fourth-order valence-electron chi connectivity index (χ4n) is 2.41. The molecule has 0 bridgehead atoms. The first kappa shape index (κ1) is 15.1. The van der Waals surface area contributed by atoms with Crippen LogP contribution in [0.5, 0.6) is 0 Å². The molecular formula is C18H12F3NO. The molecule has 0 radical (unpaired) electrons. The normalized spacial score (nSPS) is 12.1. The Balaban J connectivity index is 2.14. The summed E-state index contributed by atoms with van der Waals surface area (Å²) in [6, 6.07) is 16.7. The number of ketones is 1. The van der Waals surface area contributed by atoms with Crippen LogP contribution < -0.4 is 0 Å². The van der Waals surface area contributed by atoms with Crippen LogP contribution in [-0.4, -0.2) is 16.4 Å². The molecule has 1 aromatic carbocycles. The molecule has 2 nitrogen and oxygen atoms in total. The number of nitrogens with zero attached hydrogens (tertiary/aromatic N) is 1. The molecule has 0 aliphatic heterocycles. The number of alkyl halides is 3. The van der Waals surface area contributed by atoms with Gasteiger partial charge in [0, 0.05) is 17.3 Å². The first-order valence-corrected chi connectivity index (χ1v) is 6.91. The molecule has 0 aliphatic rings. The highest BCUT2D eigenvalue weighted by Crippen LogP contribution is 2.29. The molecule has 0 N–H and O–H groups in total. The first-order chi connectivity index (χ1) is 11.0. The number of carbonyl (C=O) groups is 1. The summed E-state index contributed by atoms with van der Waals surface area (Å²) in [6.45, 7) is 0. The number of hydrogen-bond acceptors (Lipinski definition) is 1. The van der Waals surface area contributed by atoms with Crippen molar-refractivity contribution in [2.24, 2.45) is 0 Å². The number of pyridine rings is 1. The van der Waals surface area contributed by atoms with Gasteiger partial charge in [-0.1, -0.05) is 36.4 Å². The maximum absolute atomic E-state index is 12.4. The summed E-state index contributed by atoms with van der Waals surface area (Å²) in [4.78, 5) is 11.1. The number of hydrogen-bond donors (Lipinski definition) is 0. The van der Waals surface area contributed by atoms with Crippen LogP contribution in [0.2, 0.25) is 0 Å². The highest BCUT2D eigenvalue weighted by atomic mass is 19.4. The highest BCUT2D eigenvalue weighted by molar-refractivity contribution is 5.98. The van der Waals surface area contributed by atoms with Crippen molar-refractivity contribution in [3.63, 3.8) is 0 Å². The predicted molar refractivity (Wildman–Crippen MR) is 82.9 cm³/mol. The minimum absolute atomic E-state index is 0.532. The number of benzene rings is 1. The Labute approximate surface area is 130 Å². The Morgan fingerprint density at radius 2 is 1.70 bits per heavy atom. The molecule has 2 aromatic heterocycles. The third-order valence-electron chi connectivity index (χ3n) is 3.48. The molecule has 3 aromatic rings. The first-order valence-electron chi connectivity index (χ1n) is 6.91. The van der Waals surface area contributed by atoms with Crippen LogP contribution in [0.4, 0.5) is 13.2 Å².